The molecular weight excluding hydrogens is 276 g/mol. The summed E-state index contributed by atoms with van der Waals surface area (Å²) >= 11 is 0. The van der Waals surface area contributed by atoms with Gasteiger partial charge in [0.1, 0.15) is 24.3 Å². The van der Waals surface area contributed by atoms with Gasteiger partial charge >= 0.3 is 0 Å². The Labute approximate surface area is 130 Å². The SMILES string of the molecule is Cc1ccccc1OCCn1c(C(C)O)nc2ccccc21. The molecule has 1 heterocycles. The third-order valence-electron chi connectivity index (χ3n) is 3.72. The van der Waals surface area contributed by atoms with Crippen molar-refractivity contribution >= 4 is 11.0 Å². The topological polar surface area (TPSA) is 47.3 Å². The smallest absolute Gasteiger partial charge is 0.138 e. The average Bonchev–Trinajstić information content (AvgIpc) is 2.88. The predicted molar refractivity (Wildman–Crippen MR) is 87.0 cm³/mol. The molecule has 0 bridgehead atoms. The van der Waals surface area contributed by atoms with Crippen LogP contribution in [-0.4, -0.2) is 21.3 Å². The van der Waals surface area contributed by atoms with Crippen LogP contribution in [0.4, 0.5) is 0 Å². The molecule has 3 aromatic rings. The molecule has 114 valence electrons. The summed E-state index contributed by atoms with van der Waals surface area (Å²) in [5, 5.41) is 9.94. The summed E-state index contributed by atoms with van der Waals surface area (Å²) in [6.07, 6.45) is -0.606. The van der Waals surface area contributed by atoms with Crippen LogP contribution < -0.4 is 4.74 Å². The lowest BCUT2D eigenvalue weighted by atomic mass is 10.2. The fourth-order valence-electron chi connectivity index (χ4n) is 2.61. The molecule has 1 unspecified atom stereocenters. The number of aryl methyl sites for hydroxylation is 1. The molecule has 0 aliphatic rings. The number of benzene rings is 2. The van der Waals surface area contributed by atoms with E-state index in [1.54, 1.807) is 6.92 Å². The predicted octanol–water partition coefficient (Wildman–Crippen LogP) is 3.48. The summed E-state index contributed by atoms with van der Waals surface area (Å²) in [5.41, 5.74) is 3.04. The van der Waals surface area contributed by atoms with Gasteiger partial charge < -0.3 is 14.4 Å². The number of imidazole rings is 1. The van der Waals surface area contributed by atoms with E-state index in [0.717, 1.165) is 22.3 Å². The summed E-state index contributed by atoms with van der Waals surface area (Å²) in [6, 6.07) is 15.9. The van der Waals surface area contributed by atoms with E-state index in [1.165, 1.54) is 0 Å². The minimum atomic E-state index is -0.606. The fraction of sp³-hybridized carbons (Fsp3) is 0.278. The van der Waals surface area contributed by atoms with E-state index >= 15 is 0 Å². The van der Waals surface area contributed by atoms with Crippen molar-refractivity contribution in [1.82, 2.24) is 9.55 Å². The van der Waals surface area contributed by atoms with Gasteiger partial charge in [-0.15, -0.1) is 0 Å². The van der Waals surface area contributed by atoms with Gasteiger partial charge in [-0.3, -0.25) is 0 Å². The molecule has 0 amide bonds. The van der Waals surface area contributed by atoms with Crippen LogP contribution in [0.3, 0.4) is 0 Å². The van der Waals surface area contributed by atoms with Crippen LogP contribution in [0.5, 0.6) is 5.75 Å². The number of rotatable bonds is 5. The lowest BCUT2D eigenvalue weighted by Crippen LogP contribution is -2.13. The Balaban J connectivity index is 1.81. The second-order valence-electron chi connectivity index (χ2n) is 5.40. The van der Waals surface area contributed by atoms with Gasteiger partial charge in [0.05, 0.1) is 17.6 Å². The van der Waals surface area contributed by atoms with Crippen molar-refractivity contribution in [2.24, 2.45) is 0 Å². The summed E-state index contributed by atoms with van der Waals surface area (Å²) in [5.74, 6) is 1.57. The van der Waals surface area contributed by atoms with Crippen LogP contribution in [0.1, 0.15) is 24.4 Å². The molecule has 0 saturated heterocycles. The average molecular weight is 296 g/mol. The highest BCUT2D eigenvalue weighted by Crippen LogP contribution is 2.21. The van der Waals surface area contributed by atoms with E-state index in [2.05, 4.69) is 4.98 Å². The molecule has 1 N–H and O–H groups in total. The quantitative estimate of drug-likeness (QED) is 0.784. The molecule has 22 heavy (non-hydrogen) atoms. The number of hydrogen-bond acceptors (Lipinski definition) is 3. The minimum Gasteiger partial charge on any atom is -0.491 e. The van der Waals surface area contributed by atoms with Gasteiger partial charge in [-0.05, 0) is 37.6 Å². The zero-order valence-electron chi connectivity index (χ0n) is 12.9. The zero-order valence-corrected chi connectivity index (χ0v) is 12.9. The van der Waals surface area contributed by atoms with Gasteiger partial charge in [-0.2, -0.15) is 0 Å². The van der Waals surface area contributed by atoms with Crippen LogP contribution in [0.2, 0.25) is 0 Å². The fourth-order valence-corrected chi connectivity index (χ4v) is 2.61. The third-order valence-corrected chi connectivity index (χ3v) is 3.72. The van der Waals surface area contributed by atoms with Crippen LogP contribution in [0.25, 0.3) is 11.0 Å². The van der Waals surface area contributed by atoms with Gasteiger partial charge in [0.15, 0.2) is 0 Å². The van der Waals surface area contributed by atoms with E-state index in [4.69, 9.17) is 4.74 Å². The number of hydrogen-bond donors (Lipinski definition) is 1. The minimum absolute atomic E-state index is 0.533. The summed E-state index contributed by atoms with van der Waals surface area (Å²) < 4.78 is 7.89. The number of para-hydroxylation sites is 3. The maximum absolute atomic E-state index is 9.94. The summed E-state index contributed by atoms with van der Waals surface area (Å²) in [6.45, 7) is 4.95. The highest BCUT2D eigenvalue weighted by Gasteiger charge is 2.14. The van der Waals surface area contributed by atoms with Crippen LogP contribution in [0, 0.1) is 6.92 Å². The maximum atomic E-state index is 9.94. The van der Waals surface area contributed by atoms with Gasteiger partial charge in [-0.25, -0.2) is 4.98 Å². The Bertz CT molecular complexity index is 778. The third kappa shape index (κ3) is 2.83. The molecule has 0 spiro atoms. The second-order valence-corrected chi connectivity index (χ2v) is 5.40. The Kier molecular flexibility index (Phi) is 4.11. The highest BCUT2D eigenvalue weighted by molar-refractivity contribution is 5.76. The van der Waals surface area contributed by atoms with Crippen molar-refractivity contribution in [2.45, 2.75) is 26.5 Å². The molecule has 0 fully saturated rings. The molecular formula is C18H20N2O2. The zero-order chi connectivity index (χ0) is 15.5. The highest BCUT2D eigenvalue weighted by atomic mass is 16.5. The van der Waals surface area contributed by atoms with Crippen molar-refractivity contribution in [3.05, 3.63) is 59.9 Å². The summed E-state index contributed by atoms with van der Waals surface area (Å²) in [7, 11) is 0. The Morgan fingerprint density at radius 2 is 1.86 bits per heavy atom. The summed E-state index contributed by atoms with van der Waals surface area (Å²) in [4.78, 5) is 4.51. The number of aliphatic hydroxyl groups excluding tert-OH is 1. The standard InChI is InChI=1S/C18H20N2O2/c1-13-7-3-6-10-17(13)22-12-11-20-16-9-5-4-8-15(16)19-18(20)14(2)21/h3-10,14,21H,11-12H2,1-2H3. The molecule has 0 saturated carbocycles. The molecule has 2 aromatic carbocycles. The van der Waals surface area contributed by atoms with Crippen LogP contribution in [-0.2, 0) is 6.54 Å². The molecule has 1 aromatic heterocycles. The van der Waals surface area contributed by atoms with Gasteiger partial charge in [0, 0.05) is 0 Å². The second kappa shape index (κ2) is 6.20. The monoisotopic (exact) mass is 296 g/mol. The van der Waals surface area contributed by atoms with E-state index < -0.39 is 6.10 Å². The first-order valence-electron chi connectivity index (χ1n) is 7.48. The Morgan fingerprint density at radius 1 is 1.14 bits per heavy atom. The molecule has 0 aliphatic carbocycles. The lowest BCUT2D eigenvalue weighted by Gasteiger charge is -2.13. The number of aliphatic hydroxyl groups is 1. The van der Waals surface area contributed by atoms with Crippen LogP contribution >= 0.6 is 0 Å². The molecule has 4 heteroatoms. The van der Waals surface area contributed by atoms with Crippen molar-refractivity contribution in [1.29, 1.82) is 0 Å². The number of fused-ring (bicyclic) bond motifs is 1. The van der Waals surface area contributed by atoms with Crippen LogP contribution in [0.15, 0.2) is 48.5 Å². The van der Waals surface area contributed by atoms with E-state index in [-0.39, 0.29) is 0 Å². The largest absolute Gasteiger partial charge is 0.491 e. The number of nitrogens with zero attached hydrogens (tertiary/aromatic N) is 2. The molecule has 0 aliphatic heterocycles. The number of aromatic nitrogens is 2. The van der Waals surface area contributed by atoms with Crippen molar-refractivity contribution in [2.75, 3.05) is 6.61 Å². The maximum Gasteiger partial charge on any atom is 0.138 e. The van der Waals surface area contributed by atoms with Crippen molar-refractivity contribution in [3.63, 3.8) is 0 Å². The lowest BCUT2D eigenvalue weighted by molar-refractivity contribution is 0.181. The van der Waals surface area contributed by atoms with Gasteiger partial charge in [0.2, 0.25) is 0 Å². The van der Waals surface area contributed by atoms with Crippen molar-refractivity contribution in [3.8, 4) is 5.75 Å². The van der Waals surface area contributed by atoms with E-state index in [1.807, 2.05) is 60.0 Å². The molecule has 0 radical (unpaired) electrons. The first-order chi connectivity index (χ1) is 10.7. The van der Waals surface area contributed by atoms with Gasteiger partial charge in [0.25, 0.3) is 0 Å². The molecule has 1 atom stereocenters. The van der Waals surface area contributed by atoms with Gasteiger partial charge in [-0.1, -0.05) is 30.3 Å². The van der Waals surface area contributed by atoms with E-state index in [9.17, 15) is 5.11 Å². The Hall–Kier alpha value is -2.33. The Morgan fingerprint density at radius 3 is 2.64 bits per heavy atom. The normalized spacial score (nSPS) is 12.5. The molecule has 3 rings (SSSR count). The first-order valence-corrected chi connectivity index (χ1v) is 7.48. The van der Waals surface area contributed by atoms with E-state index in [0.29, 0.717) is 19.0 Å². The first kappa shape index (κ1) is 14.6. The van der Waals surface area contributed by atoms with Crippen molar-refractivity contribution < 1.29 is 9.84 Å². The molecule has 4 nitrogen and oxygen atoms in total. The number of ether oxygens (including phenoxy) is 1.